The van der Waals surface area contributed by atoms with E-state index < -0.39 is 0 Å². The Morgan fingerprint density at radius 3 is 3.00 bits per heavy atom. The second-order valence-corrected chi connectivity index (χ2v) is 2.55. The molecule has 4 nitrogen and oxygen atoms in total. The predicted molar refractivity (Wildman–Crippen MR) is 39.8 cm³/mol. The standard InChI is InChI=1S/C7H12N2O2/c1-2-8-7(11)5-3-4-6(10)9-5/h5H,2-4H2,1H3,(H,8,11)(H,9,10). The van der Waals surface area contributed by atoms with E-state index >= 15 is 0 Å². The van der Waals surface area contributed by atoms with Gasteiger partial charge in [0.2, 0.25) is 11.8 Å². The van der Waals surface area contributed by atoms with E-state index in [1.54, 1.807) is 0 Å². The zero-order chi connectivity index (χ0) is 8.27. The highest BCUT2D eigenvalue weighted by Gasteiger charge is 2.26. The first-order chi connectivity index (χ1) is 5.24. The lowest BCUT2D eigenvalue weighted by molar-refractivity contribution is -0.125. The average molecular weight is 156 g/mol. The van der Waals surface area contributed by atoms with Crippen molar-refractivity contribution in [2.75, 3.05) is 6.54 Å². The van der Waals surface area contributed by atoms with Crippen molar-refractivity contribution in [3.63, 3.8) is 0 Å². The van der Waals surface area contributed by atoms with Crippen molar-refractivity contribution in [1.82, 2.24) is 10.6 Å². The zero-order valence-electron chi connectivity index (χ0n) is 6.52. The van der Waals surface area contributed by atoms with Gasteiger partial charge in [-0.05, 0) is 13.3 Å². The molecule has 0 bridgehead atoms. The van der Waals surface area contributed by atoms with E-state index in [1.165, 1.54) is 0 Å². The highest BCUT2D eigenvalue weighted by molar-refractivity contribution is 5.90. The van der Waals surface area contributed by atoms with Crippen LogP contribution in [-0.2, 0) is 9.59 Å². The van der Waals surface area contributed by atoms with Crippen LogP contribution in [0.1, 0.15) is 19.8 Å². The number of hydrogen-bond donors (Lipinski definition) is 2. The van der Waals surface area contributed by atoms with Crippen LogP contribution in [0.2, 0.25) is 0 Å². The number of hydrogen-bond acceptors (Lipinski definition) is 2. The van der Waals surface area contributed by atoms with Crippen molar-refractivity contribution in [2.24, 2.45) is 0 Å². The molecule has 1 unspecified atom stereocenters. The summed E-state index contributed by atoms with van der Waals surface area (Å²) in [7, 11) is 0. The molecule has 0 aromatic carbocycles. The van der Waals surface area contributed by atoms with Gasteiger partial charge in [0.05, 0.1) is 0 Å². The lowest BCUT2D eigenvalue weighted by Gasteiger charge is -2.08. The molecule has 2 N–H and O–H groups in total. The Labute approximate surface area is 65.3 Å². The van der Waals surface area contributed by atoms with Gasteiger partial charge in [-0.15, -0.1) is 0 Å². The van der Waals surface area contributed by atoms with Crippen LogP contribution in [-0.4, -0.2) is 24.4 Å². The second kappa shape index (κ2) is 3.37. The molecule has 1 saturated heterocycles. The van der Waals surface area contributed by atoms with Crippen molar-refractivity contribution in [3.8, 4) is 0 Å². The fourth-order valence-corrected chi connectivity index (χ4v) is 1.11. The molecule has 1 heterocycles. The Morgan fingerprint density at radius 1 is 1.82 bits per heavy atom. The van der Waals surface area contributed by atoms with E-state index in [1.807, 2.05) is 6.92 Å². The van der Waals surface area contributed by atoms with Crippen molar-refractivity contribution < 1.29 is 9.59 Å². The molecule has 1 aliphatic rings. The Bertz CT molecular complexity index is 179. The quantitative estimate of drug-likeness (QED) is 0.561. The number of amides is 2. The van der Waals surface area contributed by atoms with Gasteiger partial charge in [0.1, 0.15) is 6.04 Å². The number of carbonyl (C=O) groups is 2. The van der Waals surface area contributed by atoms with Crippen molar-refractivity contribution in [3.05, 3.63) is 0 Å². The topological polar surface area (TPSA) is 58.2 Å². The van der Waals surface area contributed by atoms with E-state index in [0.29, 0.717) is 19.4 Å². The van der Waals surface area contributed by atoms with Crippen LogP contribution in [0.25, 0.3) is 0 Å². The van der Waals surface area contributed by atoms with E-state index in [4.69, 9.17) is 0 Å². The van der Waals surface area contributed by atoms with Crippen LogP contribution in [0.4, 0.5) is 0 Å². The first kappa shape index (κ1) is 8.04. The molecule has 0 aliphatic carbocycles. The minimum atomic E-state index is -0.289. The molecule has 0 aromatic heterocycles. The van der Waals surface area contributed by atoms with E-state index in [9.17, 15) is 9.59 Å². The fourth-order valence-electron chi connectivity index (χ4n) is 1.11. The normalized spacial score (nSPS) is 23.0. The largest absolute Gasteiger partial charge is 0.355 e. The third-order valence-electron chi connectivity index (χ3n) is 1.66. The fraction of sp³-hybridized carbons (Fsp3) is 0.714. The third kappa shape index (κ3) is 1.93. The van der Waals surface area contributed by atoms with E-state index in [-0.39, 0.29) is 17.9 Å². The number of rotatable bonds is 2. The number of nitrogens with one attached hydrogen (secondary N) is 2. The third-order valence-corrected chi connectivity index (χ3v) is 1.66. The van der Waals surface area contributed by atoms with E-state index in [0.717, 1.165) is 0 Å². The Kier molecular flexibility index (Phi) is 2.46. The molecule has 0 aromatic rings. The highest BCUT2D eigenvalue weighted by Crippen LogP contribution is 2.05. The predicted octanol–water partition coefficient (Wildman–Crippen LogP) is -0.599. The van der Waals surface area contributed by atoms with Gasteiger partial charge in [-0.1, -0.05) is 0 Å². The van der Waals surface area contributed by atoms with Gasteiger partial charge in [0.25, 0.3) is 0 Å². The van der Waals surface area contributed by atoms with Gasteiger partial charge in [0.15, 0.2) is 0 Å². The second-order valence-electron chi connectivity index (χ2n) is 2.55. The maximum Gasteiger partial charge on any atom is 0.242 e. The van der Waals surface area contributed by atoms with Crippen LogP contribution < -0.4 is 10.6 Å². The lowest BCUT2D eigenvalue weighted by Crippen LogP contribution is -2.41. The summed E-state index contributed by atoms with van der Waals surface area (Å²) in [5.41, 5.74) is 0. The molecule has 1 fully saturated rings. The maximum absolute atomic E-state index is 11.1. The monoisotopic (exact) mass is 156 g/mol. The van der Waals surface area contributed by atoms with Crippen molar-refractivity contribution in [1.29, 1.82) is 0 Å². The van der Waals surface area contributed by atoms with Crippen LogP contribution in [0, 0.1) is 0 Å². The van der Waals surface area contributed by atoms with Crippen LogP contribution >= 0.6 is 0 Å². The minimum absolute atomic E-state index is 0.0266. The van der Waals surface area contributed by atoms with Gasteiger partial charge in [-0.3, -0.25) is 9.59 Å². The molecule has 0 saturated carbocycles. The molecular formula is C7H12N2O2. The van der Waals surface area contributed by atoms with Crippen molar-refractivity contribution >= 4 is 11.8 Å². The first-order valence-electron chi connectivity index (χ1n) is 3.81. The Balaban J connectivity index is 2.37. The first-order valence-corrected chi connectivity index (χ1v) is 3.81. The van der Waals surface area contributed by atoms with Crippen LogP contribution in [0.3, 0.4) is 0 Å². The molecule has 1 atom stereocenters. The summed E-state index contributed by atoms with van der Waals surface area (Å²) >= 11 is 0. The van der Waals surface area contributed by atoms with Gasteiger partial charge in [-0.2, -0.15) is 0 Å². The molecule has 11 heavy (non-hydrogen) atoms. The van der Waals surface area contributed by atoms with Crippen LogP contribution in [0.5, 0.6) is 0 Å². The molecule has 2 amide bonds. The SMILES string of the molecule is CCNC(=O)C1CCC(=O)N1. The number of likely N-dealkylation sites (N-methyl/N-ethyl adjacent to an activating group) is 1. The molecule has 0 spiro atoms. The summed E-state index contributed by atoms with van der Waals surface area (Å²) in [5.74, 6) is -0.0976. The zero-order valence-corrected chi connectivity index (χ0v) is 6.52. The Morgan fingerprint density at radius 2 is 2.55 bits per heavy atom. The average Bonchev–Trinajstić information content (AvgIpc) is 2.36. The van der Waals surface area contributed by atoms with Gasteiger partial charge < -0.3 is 10.6 Å². The molecule has 4 heteroatoms. The summed E-state index contributed by atoms with van der Waals surface area (Å²) in [6, 6.07) is -0.289. The molecule has 0 radical (unpaired) electrons. The summed E-state index contributed by atoms with van der Waals surface area (Å²) in [6.45, 7) is 2.47. The smallest absolute Gasteiger partial charge is 0.242 e. The van der Waals surface area contributed by atoms with Gasteiger partial charge >= 0.3 is 0 Å². The van der Waals surface area contributed by atoms with E-state index in [2.05, 4.69) is 10.6 Å². The molecule has 62 valence electrons. The van der Waals surface area contributed by atoms with Gasteiger partial charge in [0, 0.05) is 13.0 Å². The summed E-state index contributed by atoms with van der Waals surface area (Å²) in [5, 5.41) is 5.24. The Hall–Kier alpha value is -1.06. The van der Waals surface area contributed by atoms with Crippen LogP contribution in [0.15, 0.2) is 0 Å². The highest BCUT2D eigenvalue weighted by atomic mass is 16.2. The summed E-state index contributed by atoms with van der Waals surface area (Å²) in [4.78, 5) is 21.7. The minimum Gasteiger partial charge on any atom is -0.355 e. The number of carbonyl (C=O) groups excluding carboxylic acids is 2. The summed E-state index contributed by atoms with van der Waals surface area (Å²) < 4.78 is 0. The lowest BCUT2D eigenvalue weighted by atomic mass is 10.2. The maximum atomic E-state index is 11.1. The summed E-state index contributed by atoms with van der Waals surface area (Å²) in [6.07, 6.45) is 1.10. The molecular weight excluding hydrogens is 144 g/mol. The van der Waals surface area contributed by atoms with Gasteiger partial charge in [-0.25, -0.2) is 0 Å². The molecule has 1 aliphatic heterocycles. The van der Waals surface area contributed by atoms with Crippen molar-refractivity contribution in [2.45, 2.75) is 25.8 Å². The molecule has 1 rings (SSSR count).